The van der Waals surface area contributed by atoms with Crippen LogP contribution < -0.4 is 0 Å². The summed E-state index contributed by atoms with van der Waals surface area (Å²) in [5.74, 6) is -0.259. The van der Waals surface area contributed by atoms with E-state index in [1.165, 1.54) is 12.1 Å². The van der Waals surface area contributed by atoms with Gasteiger partial charge in [0.1, 0.15) is 11.9 Å². The van der Waals surface area contributed by atoms with Gasteiger partial charge >= 0.3 is 0 Å². The first kappa shape index (κ1) is 14.0. The van der Waals surface area contributed by atoms with E-state index in [0.717, 1.165) is 31.7 Å². The molecule has 1 aromatic carbocycles. The van der Waals surface area contributed by atoms with Gasteiger partial charge in [0.2, 0.25) is 0 Å². The Hall–Kier alpha value is -1.41. The van der Waals surface area contributed by atoms with Gasteiger partial charge in [-0.15, -0.1) is 0 Å². The van der Waals surface area contributed by atoms with Crippen molar-refractivity contribution in [3.05, 3.63) is 35.1 Å². The molecule has 1 aliphatic carbocycles. The first-order valence-corrected chi connectivity index (χ1v) is 8.21. The molecule has 1 fully saturated rings. The topological polar surface area (TPSA) is 57.9 Å². The first-order chi connectivity index (χ1) is 9.00. The van der Waals surface area contributed by atoms with Crippen LogP contribution in [-0.2, 0) is 15.6 Å². The molecule has 0 saturated heterocycles. The van der Waals surface area contributed by atoms with Crippen LogP contribution in [0.3, 0.4) is 0 Å². The Morgan fingerprint density at radius 1 is 1.32 bits per heavy atom. The number of rotatable bonds is 4. The molecule has 0 N–H and O–H groups in total. The predicted molar refractivity (Wildman–Crippen MR) is 70.6 cm³/mol. The molecule has 1 aliphatic rings. The minimum atomic E-state index is -3.19. The molecule has 19 heavy (non-hydrogen) atoms. The number of nitrogens with zero attached hydrogens (tertiary/aromatic N) is 1. The van der Waals surface area contributed by atoms with E-state index in [0.29, 0.717) is 5.56 Å². The van der Waals surface area contributed by atoms with Crippen molar-refractivity contribution < 1.29 is 12.8 Å². The lowest BCUT2D eigenvalue weighted by Crippen LogP contribution is -2.16. The van der Waals surface area contributed by atoms with E-state index in [4.69, 9.17) is 5.26 Å². The van der Waals surface area contributed by atoms with Crippen LogP contribution >= 0.6 is 0 Å². The summed E-state index contributed by atoms with van der Waals surface area (Å²) in [4.78, 5) is 0. The number of benzene rings is 1. The quantitative estimate of drug-likeness (QED) is 0.852. The van der Waals surface area contributed by atoms with E-state index < -0.39 is 15.7 Å². The lowest BCUT2D eigenvalue weighted by Gasteiger charge is -2.10. The summed E-state index contributed by atoms with van der Waals surface area (Å²) < 4.78 is 37.3. The molecule has 0 aromatic heterocycles. The fourth-order valence-corrected chi connectivity index (χ4v) is 4.45. The van der Waals surface area contributed by atoms with E-state index in [1.54, 1.807) is 6.07 Å². The highest BCUT2D eigenvalue weighted by molar-refractivity contribution is 7.90. The molecular formula is C14H16FNO2S. The third-order valence-corrected chi connectivity index (χ3v) is 5.25. The highest BCUT2D eigenvalue weighted by Gasteiger charge is 2.23. The molecule has 0 radical (unpaired) electrons. The van der Waals surface area contributed by atoms with Crippen molar-refractivity contribution in [1.29, 1.82) is 5.26 Å². The summed E-state index contributed by atoms with van der Waals surface area (Å²) in [5.41, 5.74) is 0.379. The smallest absolute Gasteiger partial charge is 0.154 e. The molecule has 1 saturated carbocycles. The van der Waals surface area contributed by atoms with Crippen LogP contribution in [0.2, 0.25) is 0 Å². The van der Waals surface area contributed by atoms with Crippen LogP contribution in [0.5, 0.6) is 0 Å². The average Bonchev–Trinajstić information content (AvgIpc) is 2.83. The molecule has 3 nitrogen and oxygen atoms in total. The standard InChI is InChI=1S/C14H16FNO2S/c15-14-6-5-12(7-13(14)8-16)10-19(17,18)9-11-3-1-2-4-11/h5-7,11H,1-4,9-10H2. The second-order valence-electron chi connectivity index (χ2n) is 5.13. The summed E-state index contributed by atoms with van der Waals surface area (Å²) in [6.45, 7) is 0. The summed E-state index contributed by atoms with van der Waals surface area (Å²) in [6, 6.07) is 5.63. The van der Waals surface area contributed by atoms with Gasteiger partial charge in [-0.1, -0.05) is 18.9 Å². The van der Waals surface area contributed by atoms with Crippen LogP contribution in [0.15, 0.2) is 18.2 Å². The van der Waals surface area contributed by atoms with Crippen LogP contribution in [0.1, 0.15) is 36.8 Å². The van der Waals surface area contributed by atoms with Gasteiger partial charge in [-0.05, 0) is 36.5 Å². The molecule has 0 spiro atoms. The lowest BCUT2D eigenvalue weighted by atomic mass is 10.1. The Morgan fingerprint density at radius 2 is 2.00 bits per heavy atom. The maximum atomic E-state index is 13.2. The van der Waals surface area contributed by atoms with Crippen molar-refractivity contribution in [3.63, 3.8) is 0 Å². The first-order valence-electron chi connectivity index (χ1n) is 6.39. The van der Waals surface area contributed by atoms with Crippen molar-refractivity contribution in [1.82, 2.24) is 0 Å². The summed E-state index contributed by atoms with van der Waals surface area (Å²) in [6.07, 6.45) is 4.17. The minimum Gasteiger partial charge on any atom is -0.228 e. The van der Waals surface area contributed by atoms with E-state index in [-0.39, 0.29) is 23.0 Å². The average molecular weight is 281 g/mol. The van der Waals surface area contributed by atoms with Gasteiger partial charge < -0.3 is 0 Å². The highest BCUT2D eigenvalue weighted by Crippen LogP contribution is 2.27. The molecule has 0 atom stereocenters. The van der Waals surface area contributed by atoms with E-state index in [9.17, 15) is 12.8 Å². The number of sulfone groups is 1. The summed E-state index contributed by atoms with van der Waals surface area (Å²) >= 11 is 0. The Balaban J connectivity index is 2.09. The maximum absolute atomic E-state index is 13.2. The Bertz CT molecular complexity index is 598. The van der Waals surface area contributed by atoms with Gasteiger partial charge in [0.15, 0.2) is 9.84 Å². The minimum absolute atomic E-state index is 0.103. The van der Waals surface area contributed by atoms with Crippen LogP contribution in [0.4, 0.5) is 4.39 Å². The Kier molecular flexibility index (Phi) is 4.20. The maximum Gasteiger partial charge on any atom is 0.154 e. The van der Waals surface area contributed by atoms with Gasteiger partial charge in [-0.3, -0.25) is 0 Å². The van der Waals surface area contributed by atoms with Crippen LogP contribution in [0.25, 0.3) is 0 Å². The van der Waals surface area contributed by atoms with Crippen LogP contribution in [-0.4, -0.2) is 14.2 Å². The van der Waals surface area contributed by atoms with E-state index in [1.807, 2.05) is 0 Å². The molecule has 0 bridgehead atoms. The fourth-order valence-electron chi connectivity index (χ4n) is 2.60. The molecule has 1 aromatic rings. The second kappa shape index (κ2) is 5.70. The highest BCUT2D eigenvalue weighted by atomic mass is 32.2. The van der Waals surface area contributed by atoms with E-state index in [2.05, 4.69) is 0 Å². The molecule has 102 valence electrons. The molecule has 0 unspecified atom stereocenters. The third kappa shape index (κ3) is 3.77. The summed E-state index contributed by atoms with van der Waals surface area (Å²) in [7, 11) is -3.19. The van der Waals surface area contributed by atoms with Gasteiger partial charge in [0.05, 0.1) is 17.1 Å². The van der Waals surface area contributed by atoms with Crippen molar-refractivity contribution in [2.45, 2.75) is 31.4 Å². The molecule has 0 heterocycles. The molecular weight excluding hydrogens is 265 g/mol. The zero-order chi connectivity index (χ0) is 13.9. The zero-order valence-electron chi connectivity index (χ0n) is 10.6. The number of hydrogen-bond donors (Lipinski definition) is 0. The normalized spacial score (nSPS) is 16.4. The van der Waals surface area contributed by atoms with Gasteiger partial charge in [0, 0.05) is 0 Å². The SMILES string of the molecule is N#Cc1cc(CS(=O)(=O)CC2CCCC2)ccc1F. The van der Waals surface area contributed by atoms with Crippen molar-refractivity contribution in [3.8, 4) is 6.07 Å². The molecule has 0 aliphatic heterocycles. The van der Waals surface area contributed by atoms with Gasteiger partial charge in [-0.25, -0.2) is 12.8 Å². The largest absolute Gasteiger partial charge is 0.228 e. The predicted octanol–water partition coefficient (Wildman–Crippen LogP) is 2.80. The van der Waals surface area contributed by atoms with E-state index >= 15 is 0 Å². The Labute approximate surface area is 113 Å². The number of nitriles is 1. The van der Waals surface area contributed by atoms with Gasteiger partial charge in [0.25, 0.3) is 0 Å². The molecule has 2 rings (SSSR count). The second-order valence-corrected chi connectivity index (χ2v) is 7.24. The third-order valence-electron chi connectivity index (χ3n) is 3.50. The molecule has 5 heteroatoms. The van der Waals surface area contributed by atoms with Gasteiger partial charge in [-0.2, -0.15) is 5.26 Å². The zero-order valence-corrected chi connectivity index (χ0v) is 11.4. The van der Waals surface area contributed by atoms with Crippen molar-refractivity contribution in [2.24, 2.45) is 5.92 Å². The number of halogens is 1. The summed E-state index contributed by atoms with van der Waals surface area (Å²) in [5, 5.41) is 8.73. The van der Waals surface area contributed by atoms with Crippen LogP contribution in [0, 0.1) is 23.1 Å². The Morgan fingerprint density at radius 3 is 2.63 bits per heavy atom. The van der Waals surface area contributed by atoms with Crippen molar-refractivity contribution >= 4 is 9.84 Å². The number of hydrogen-bond acceptors (Lipinski definition) is 3. The monoisotopic (exact) mass is 281 g/mol. The molecule has 0 amide bonds. The fraction of sp³-hybridized carbons (Fsp3) is 0.500. The van der Waals surface area contributed by atoms with Crippen molar-refractivity contribution in [2.75, 3.05) is 5.75 Å². The lowest BCUT2D eigenvalue weighted by molar-refractivity contribution is 0.558.